The number of fused-ring (bicyclic) bond motifs is 1. The maximum Gasteiger partial charge on any atom is 0.262 e. The molecule has 158 valence electrons. The molecule has 0 aliphatic carbocycles. The zero-order valence-electron chi connectivity index (χ0n) is 18.6. The first kappa shape index (κ1) is 21.4. The van der Waals surface area contributed by atoms with Gasteiger partial charge in [-0.1, -0.05) is 98.8 Å². The molecule has 0 spiro atoms. The Labute approximate surface area is 188 Å². The van der Waals surface area contributed by atoms with Crippen molar-refractivity contribution in [3.8, 4) is 0 Å². The fraction of sp³-hybridized carbons (Fsp3) is 0.259. The molecule has 4 heteroatoms. The Kier molecular flexibility index (Phi) is 6.01. The van der Waals surface area contributed by atoms with Gasteiger partial charge in [-0.15, -0.1) is 0 Å². The van der Waals surface area contributed by atoms with E-state index in [4.69, 9.17) is 4.98 Å². The van der Waals surface area contributed by atoms with Gasteiger partial charge in [0, 0.05) is 5.75 Å². The van der Waals surface area contributed by atoms with Crippen LogP contribution < -0.4 is 5.56 Å². The average molecular weight is 429 g/mol. The molecule has 0 fully saturated rings. The zero-order chi connectivity index (χ0) is 22.0. The number of aryl methyl sites for hydroxylation is 1. The molecule has 0 radical (unpaired) electrons. The summed E-state index contributed by atoms with van der Waals surface area (Å²) in [5.41, 5.74) is 5.75. The minimum Gasteiger partial charge on any atom is -0.283 e. The van der Waals surface area contributed by atoms with Gasteiger partial charge in [0.2, 0.25) is 0 Å². The number of aromatic nitrogens is 2. The molecule has 0 bridgehead atoms. The molecule has 3 aromatic carbocycles. The van der Waals surface area contributed by atoms with E-state index in [0.717, 1.165) is 22.0 Å². The van der Waals surface area contributed by atoms with Gasteiger partial charge < -0.3 is 0 Å². The molecule has 1 aromatic heterocycles. The molecule has 0 N–H and O–H groups in total. The lowest BCUT2D eigenvalue weighted by Crippen LogP contribution is -2.24. The Hall–Kier alpha value is -2.85. The largest absolute Gasteiger partial charge is 0.283 e. The highest BCUT2D eigenvalue weighted by Crippen LogP contribution is 2.26. The number of benzene rings is 3. The quantitative estimate of drug-likeness (QED) is 0.275. The molecule has 4 rings (SSSR count). The molecule has 31 heavy (non-hydrogen) atoms. The van der Waals surface area contributed by atoms with Crippen LogP contribution in [-0.2, 0) is 17.7 Å². The van der Waals surface area contributed by atoms with Gasteiger partial charge >= 0.3 is 0 Å². The summed E-state index contributed by atoms with van der Waals surface area (Å²) in [6.07, 6.45) is 0. The summed E-state index contributed by atoms with van der Waals surface area (Å²) in [5, 5.41) is 1.41. The Balaban J connectivity index is 1.67. The van der Waals surface area contributed by atoms with Crippen LogP contribution >= 0.6 is 11.8 Å². The summed E-state index contributed by atoms with van der Waals surface area (Å²) in [6.45, 7) is 9.25. The zero-order valence-corrected chi connectivity index (χ0v) is 19.4. The van der Waals surface area contributed by atoms with Gasteiger partial charge in [-0.3, -0.25) is 9.36 Å². The Morgan fingerprint density at radius 2 is 1.52 bits per heavy atom. The van der Waals surface area contributed by atoms with Crippen LogP contribution in [0.2, 0.25) is 0 Å². The SMILES string of the molecule is Cc1ccc(Cn2c(SCc3ccc(C(C)(C)C)cc3)nc3ccccc3c2=O)cc1. The van der Waals surface area contributed by atoms with E-state index in [1.54, 1.807) is 16.3 Å². The Bertz CT molecular complexity index is 1250. The van der Waals surface area contributed by atoms with E-state index in [1.165, 1.54) is 16.7 Å². The third kappa shape index (κ3) is 4.91. The predicted octanol–water partition coefficient (Wildman–Crippen LogP) is 6.34. The number of rotatable bonds is 5. The second kappa shape index (κ2) is 8.72. The number of para-hydroxylation sites is 1. The van der Waals surface area contributed by atoms with Crippen LogP contribution in [0.4, 0.5) is 0 Å². The van der Waals surface area contributed by atoms with E-state index in [0.29, 0.717) is 11.9 Å². The van der Waals surface area contributed by atoms with Gasteiger partial charge in [-0.2, -0.15) is 0 Å². The Morgan fingerprint density at radius 3 is 2.19 bits per heavy atom. The summed E-state index contributed by atoms with van der Waals surface area (Å²) in [4.78, 5) is 18.1. The first-order chi connectivity index (χ1) is 14.8. The molecule has 0 atom stereocenters. The molecule has 0 amide bonds. The molecule has 0 aliphatic heterocycles. The van der Waals surface area contributed by atoms with Crippen molar-refractivity contribution >= 4 is 22.7 Å². The summed E-state index contributed by atoms with van der Waals surface area (Å²) in [7, 11) is 0. The normalized spacial score (nSPS) is 11.7. The number of thioether (sulfide) groups is 1. The maximum absolute atomic E-state index is 13.3. The van der Waals surface area contributed by atoms with Crippen LogP contribution in [0.5, 0.6) is 0 Å². The van der Waals surface area contributed by atoms with Crippen molar-refractivity contribution in [2.24, 2.45) is 0 Å². The molecule has 0 saturated heterocycles. The van der Waals surface area contributed by atoms with Gasteiger partial charge in [-0.25, -0.2) is 4.98 Å². The fourth-order valence-corrected chi connectivity index (χ4v) is 4.48. The van der Waals surface area contributed by atoms with Crippen LogP contribution in [0.3, 0.4) is 0 Å². The van der Waals surface area contributed by atoms with Gasteiger partial charge in [0.25, 0.3) is 5.56 Å². The third-order valence-corrected chi connectivity index (χ3v) is 6.52. The first-order valence-corrected chi connectivity index (χ1v) is 11.6. The van der Waals surface area contributed by atoms with Crippen molar-refractivity contribution < 1.29 is 0 Å². The van der Waals surface area contributed by atoms with Gasteiger partial charge in [0.15, 0.2) is 5.16 Å². The predicted molar refractivity (Wildman–Crippen MR) is 131 cm³/mol. The summed E-state index contributed by atoms with van der Waals surface area (Å²) >= 11 is 1.62. The highest BCUT2D eigenvalue weighted by Gasteiger charge is 2.14. The van der Waals surface area contributed by atoms with Crippen LogP contribution in [-0.4, -0.2) is 9.55 Å². The lowest BCUT2D eigenvalue weighted by atomic mass is 9.87. The van der Waals surface area contributed by atoms with Crippen molar-refractivity contribution in [3.05, 3.63) is 105 Å². The minimum atomic E-state index is 0.0109. The third-order valence-electron chi connectivity index (χ3n) is 5.48. The second-order valence-corrected chi connectivity index (χ2v) is 9.97. The molecule has 3 nitrogen and oxygen atoms in total. The smallest absolute Gasteiger partial charge is 0.262 e. The van der Waals surface area contributed by atoms with E-state index in [9.17, 15) is 4.79 Å². The van der Waals surface area contributed by atoms with Gasteiger partial charge in [0.05, 0.1) is 17.4 Å². The van der Waals surface area contributed by atoms with Crippen LogP contribution in [0, 0.1) is 6.92 Å². The lowest BCUT2D eigenvalue weighted by Gasteiger charge is -2.19. The van der Waals surface area contributed by atoms with Gasteiger partial charge in [0.1, 0.15) is 0 Å². The first-order valence-electron chi connectivity index (χ1n) is 10.6. The number of hydrogen-bond acceptors (Lipinski definition) is 3. The van der Waals surface area contributed by atoms with E-state index in [-0.39, 0.29) is 11.0 Å². The van der Waals surface area contributed by atoms with Crippen LogP contribution in [0.1, 0.15) is 43.0 Å². The standard InChI is InChI=1S/C27H28N2OS/c1-19-9-11-20(12-10-19)17-29-25(30)23-7-5-6-8-24(23)28-26(29)31-18-21-13-15-22(16-14-21)27(2,3)4/h5-16H,17-18H2,1-4H3. The van der Waals surface area contributed by atoms with E-state index in [1.807, 2.05) is 24.3 Å². The van der Waals surface area contributed by atoms with E-state index < -0.39 is 0 Å². The summed E-state index contributed by atoms with van der Waals surface area (Å²) in [5.74, 6) is 0.767. The molecule has 0 saturated carbocycles. The average Bonchev–Trinajstić information content (AvgIpc) is 2.75. The maximum atomic E-state index is 13.3. The fourth-order valence-electron chi connectivity index (χ4n) is 3.52. The van der Waals surface area contributed by atoms with Crippen molar-refractivity contribution in [1.29, 1.82) is 0 Å². The monoisotopic (exact) mass is 428 g/mol. The highest BCUT2D eigenvalue weighted by atomic mass is 32.2. The number of nitrogens with zero attached hydrogens (tertiary/aromatic N) is 2. The topological polar surface area (TPSA) is 34.9 Å². The highest BCUT2D eigenvalue weighted by molar-refractivity contribution is 7.98. The second-order valence-electron chi connectivity index (χ2n) is 9.02. The van der Waals surface area contributed by atoms with E-state index in [2.05, 4.69) is 76.2 Å². The number of hydrogen-bond donors (Lipinski definition) is 0. The summed E-state index contributed by atoms with van der Waals surface area (Å²) < 4.78 is 1.81. The molecular formula is C27H28N2OS. The molecule has 0 unspecified atom stereocenters. The van der Waals surface area contributed by atoms with Crippen molar-refractivity contribution in [2.75, 3.05) is 0 Å². The molecular weight excluding hydrogens is 400 g/mol. The molecule has 4 aromatic rings. The minimum absolute atomic E-state index is 0.0109. The van der Waals surface area contributed by atoms with Crippen molar-refractivity contribution in [2.45, 2.75) is 50.6 Å². The van der Waals surface area contributed by atoms with Gasteiger partial charge in [-0.05, 0) is 41.2 Å². The van der Waals surface area contributed by atoms with Crippen LogP contribution in [0.15, 0.2) is 82.7 Å². The van der Waals surface area contributed by atoms with Crippen molar-refractivity contribution in [3.63, 3.8) is 0 Å². The lowest BCUT2D eigenvalue weighted by molar-refractivity contribution is 0.590. The van der Waals surface area contributed by atoms with Crippen molar-refractivity contribution in [1.82, 2.24) is 9.55 Å². The van der Waals surface area contributed by atoms with E-state index >= 15 is 0 Å². The van der Waals surface area contributed by atoms with Crippen LogP contribution in [0.25, 0.3) is 10.9 Å². The molecule has 0 aliphatic rings. The Morgan fingerprint density at radius 1 is 0.871 bits per heavy atom. The summed E-state index contributed by atoms with van der Waals surface area (Å²) in [6, 6.07) is 24.7. The molecule has 1 heterocycles.